The lowest BCUT2D eigenvalue weighted by Gasteiger charge is -2.28. The van der Waals surface area contributed by atoms with Crippen LogP contribution in [0.2, 0.25) is 0 Å². The molecule has 0 amide bonds. The van der Waals surface area contributed by atoms with Gasteiger partial charge in [-0.1, -0.05) is 121 Å². The largest absolute Gasteiger partial charge is 0.456 e. The zero-order valence-electron chi connectivity index (χ0n) is 25.4. The van der Waals surface area contributed by atoms with Crippen LogP contribution in [0.5, 0.6) is 0 Å². The van der Waals surface area contributed by atoms with Crippen LogP contribution in [0.25, 0.3) is 74.8 Å². The minimum Gasteiger partial charge on any atom is -0.456 e. The number of benzene rings is 8. The number of anilines is 3. The van der Waals surface area contributed by atoms with Gasteiger partial charge in [0.25, 0.3) is 0 Å². The lowest BCUT2D eigenvalue weighted by atomic mass is 9.98. The van der Waals surface area contributed by atoms with E-state index in [2.05, 4.69) is 163 Å². The number of fused-ring (bicyclic) bond motifs is 9. The Kier molecular flexibility index (Phi) is 5.78. The summed E-state index contributed by atoms with van der Waals surface area (Å²) in [5.74, 6) is 0. The van der Waals surface area contributed by atoms with Crippen molar-refractivity contribution in [2.45, 2.75) is 0 Å². The molecule has 0 aliphatic heterocycles. The molecule has 8 aromatic carbocycles. The Morgan fingerprint density at radius 1 is 0.447 bits per heavy atom. The maximum absolute atomic E-state index is 6.43. The first-order valence-corrected chi connectivity index (χ1v) is 16.7. The van der Waals surface area contributed by atoms with Gasteiger partial charge in [-0.25, -0.2) is 0 Å². The number of rotatable bonds is 4. The standard InChI is InChI=1S/C44H27NOS/c1-2-11-28(12-3-1)34-25-26-38(43-36-16-7-9-20-41(36)47-44(34)43)45(37-17-10-19-40-42(37)35-15-6-8-18-39(35)46-40)31-23-24-33-30(27-31)22-21-29-13-4-5-14-32(29)33/h1-27H. The molecule has 2 nitrogen and oxygen atoms in total. The fraction of sp³-hybridized carbons (Fsp3) is 0. The lowest BCUT2D eigenvalue weighted by Crippen LogP contribution is -2.11. The van der Waals surface area contributed by atoms with Gasteiger partial charge in [0.1, 0.15) is 11.2 Å². The van der Waals surface area contributed by atoms with Crippen molar-refractivity contribution >= 4 is 92.1 Å². The first-order valence-electron chi connectivity index (χ1n) is 15.9. The predicted molar refractivity (Wildman–Crippen MR) is 202 cm³/mol. The fourth-order valence-corrected chi connectivity index (χ4v) is 8.59. The maximum Gasteiger partial charge on any atom is 0.137 e. The van der Waals surface area contributed by atoms with Gasteiger partial charge < -0.3 is 9.32 Å². The number of hydrogen-bond acceptors (Lipinski definition) is 3. The van der Waals surface area contributed by atoms with Crippen molar-refractivity contribution in [2.75, 3.05) is 4.90 Å². The summed E-state index contributed by atoms with van der Waals surface area (Å²) in [6.07, 6.45) is 0. The van der Waals surface area contributed by atoms with E-state index in [9.17, 15) is 0 Å². The summed E-state index contributed by atoms with van der Waals surface area (Å²) in [4.78, 5) is 2.45. The quantitative estimate of drug-likeness (QED) is 0.183. The van der Waals surface area contributed by atoms with Crippen molar-refractivity contribution in [2.24, 2.45) is 0 Å². The topological polar surface area (TPSA) is 16.4 Å². The smallest absolute Gasteiger partial charge is 0.137 e. The van der Waals surface area contributed by atoms with Crippen LogP contribution in [0.1, 0.15) is 0 Å². The van der Waals surface area contributed by atoms with E-state index >= 15 is 0 Å². The molecule has 10 aromatic rings. The highest BCUT2D eigenvalue weighted by atomic mass is 32.1. The lowest BCUT2D eigenvalue weighted by molar-refractivity contribution is 0.669. The van der Waals surface area contributed by atoms with Crippen molar-refractivity contribution in [3.8, 4) is 11.1 Å². The molecule has 10 rings (SSSR count). The molecule has 2 heterocycles. The molecule has 3 heteroatoms. The molecule has 0 radical (unpaired) electrons. The maximum atomic E-state index is 6.43. The minimum absolute atomic E-state index is 0.882. The minimum atomic E-state index is 0.882. The Hall–Kier alpha value is -5.90. The summed E-state index contributed by atoms with van der Waals surface area (Å²) in [5, 5.41) is 9.74. The third kappa shape index (κ3) is 4.04. The monoisotopic (exact) mass is 617 g/mol. The van der Waals surface area contributed by atoms with Gasteiger partial charge in [-0.15, -0.1) is 11.3 Å². The number of nitrogens with zero attached hydrogens (tertiary/aromatic N) is 1. The number of hydrogen-bond donors (Lipinski definition) is 0. The average Bonchev–Trinajstić information content (AvgIpc) is 3.72. The molecule has 0 saturated carbocycles. The van der Waals surface area contributed by atoms with Gasteiger partial charge in [-0.05, 0) is 75.1 Å². The van der Waals surface area contributed by atoms with Crippen molar-refractivity contribution in [1.29, 1.82) is 0 Å². The molecule has 0 unspecified atom stereocenters. The first kappa shape index (κ1) is 26.3. The normalized spacial score (nSPS) is 11.8. The van der Waals surface area contributed by atoms with E-state index in [0.29, 0.717) is 0 Å². The van der Waals surface area contributed by atoms with E-state index in [0.717, 1.165) is 39.0 Å². The van der Waals surface area contributed by atoms with Crippen LogP contribution in [0.15, 0.2) is 168 Å². The molecule has 220 valence electrons. The second-order valence-corrected chi connectivity index (χ2v) is 13.1. The van der Waals surface area contributed by atoms with Gasteiger partial charge in [0.2, 0.25) is 0 Å². The Morgan fingerprint density at radius 2 is 1.15 bits per heavy atom. The van der Waals surface area contributed by atoms with E-state index in [4.69, 9.17) is 4.42 Å². The van der Waals surface area contributed by atoms with Gasteiger partial charge in [-0.3, -0.25) is 0 Å². The third-order valence-corrected chi connectivity index (χ3v) is 10.6. The molecular weight excluding hydrogens is 591 g/mol. The number of furan rings is 1. The molecule has 0 bridgehead atoms. The van der Waals surface area contributed by atoms with Crippen LogP contribution in [0.3, 0.4) is 0 Å². The van der Waals surface area contributed by atoms with Gasteiger partial charge >= 0.3 is 0 Å². The van der Waals surface area contributed by atoms with Crippen molar-refractivity contribution < 1.29 is 4.42 Å². The van der Waals surface area contributed by atoms with Gasteiger partial charge in [0, 0.05) is 31.2 Å². The summed E-state index contributed by atoms with van der Waals surface area (Å²) >= 11 is 1.87. The van der Waals surface area contributed by atoms with Crippen LogP contribution in [-0.2, 0) is 0 Å². The highest BCUT2D eigenvalue weighted by molar-refractivity contribution is 7.26. The molecule has 0 atom stereocenters. The molecular formula is C44H27NOS. The second-order valence-electron chi connectivity index (χ2n) is 12.1. The Morgan fingerprint density at radius 3 is 2.06 bits per heavy atom. The Bertz CT molecular complexity index is 2810. The first-order chi connectivity index (χ1) is 23.3. The van der Waals surface area contributed by atoms with Crippen LogP contribution in [0.4, 0.5) is 17.1 Å². The molecule has 0 fully saturated rings. The summed E-state index contributed by atoms with van der Waals surface area (Å²) < 4.78 is 9.00. The third-order valence-electron chi connectivity index (χ3n) is 9.44. The van der Waals surface area contributed by atoms with E-state index in [1.807, 2.05) is 17.4 Å². The zero-order valence-corrected chi connectivity index (χ0v) is 26.2. The van der Waals surface area contributed by atoms with E-state index < -0.39 is 0 Å². The molecule has 0 aliphatic carbocycles. The van der Waals surface area contributed by atoms with E-state index in [-0.39, 0.29) is 0 Å². The number of para-hydroxylation sites is 1. The Balaban J connectivity index is 1.33. The van der Waals surface area contributed by atoms with Crippen molar-refractivity contribution in [3.05, 3.63) is 164 Å². The van der Waals surface area contributed by atoms with Crippen LogP contribution < -0.4 is 4.90 Å². The molecule has 0 saturated heterocycles. The van der Waals surface area contributed by atoms with Crippen LogP contribution in [0, 0.1) is 0 Å². The highest BCUT2D eigenvalue weighted by Gasteiger charge is 2.24. The van der Waals surface area contributed by atoms with E-state index in [1.54, 1.807) is 0 Å². The molecule has 47 heavy (non-hydrogen) atoms. The van der Waals surface area contributed by atoms with Crippen LogP contribution in [-0.4, -0.2) is 0 Å². The summed E-state index contributed by atoms with van der Waals surface area (Å²) in [5.41, 5.74) is 7.60. The predicted octanol–water partition coefficient (Wildman–Crippen LogP) is 13.4. The van der Waals surface area contributed by atoms with E-state index in [1.165, 1.54) is 52.8 Å². The summed E-state index contributed by atoms with van der Waals surface area (Å²) in [6, 6.07) is 59.0. The average molecular weight is 618 g/mol. The van der Waals surface area contributed by atoms with Crippen LogP contribution >= 0.6 is 11.3 Å². The van der Waals surface area contributed by atoms with Crippen molar-refractivity contribution in [3.63, 3.8) is 0 Å². The molecule has 2 aromatic heterocycles. The zero-order chi connectivity index (χ0) is 30.9. The van der Waals surface area contributed by atoms with Gasteiger partial charge in [0.05, 0.1) is 16.8 Å². The molecule has 0 aliphatic rings. The number of thiophene rings is 1. The second kappa shape index (κ2) is 10.3. The summed E-state index contributed by atoms with van der Waals surface area (Å²) in [7, 11) is 0. The fourth-order valence-electron chi connectivity index (χ4n) is 7.33. The van der Waals surface area contributed by atoms with Gasteiger partial charge in [0.15, 0.2) is 0 Å². The summed E-state index contributed by atoms with van der Waals surface area (Å²) in [6.45, 7) is 0. The van der Waals surface area contributed by atoms with Crippen molar-refractivity contribution in [1.82, 2.24) is 0 Å². The highest BCUT2D eigenvalue weighted by Crippen LogP contribution is 2.50. The molecule has 0 spiro atoms. The SMILES string of the molecule is c1ccc(-c2ccc(N(c3ccc4c(ccc5ccccc54)c3)c3cccc4oc5ccccc5c34)c3c2sc2ccccc23)cc1. The Labute approximate surface area is 275 Å². The van der Waals surface area contributed by atoms with Gasteiger partial charge in [-0.2, -0.15) is 0 Å². The molecule has 0 N–H and O–H groups in total.